The summed E-state index contributed by atoms with van der Waals surface area (Å²) in [5.41, 5.74) is 0.273. The molecular weight excluding hydrogens is 226 g/mol. The molecule has 0 bridgehead atoms. The van der Waals surface area contributed by atoms with Crippen LogP contribution in [-0.2, 0) is 0 Å². The van der Waals surface area contributed by atoms with E-state index in [0.717, 1.165) is 25.7 Å². The first-order chi connectivity index (χ1) is 8.67. The van der Waals surface area contributed by atoms with Gasteiger partial charge in [0.05, 0.1) is 11.1 Å². The van der Waals surface area contributed by atoms with Gasteiger partial charge in [-0.1, -0.05) is 25.7 Å². The molecule has 1 fully saturated rings. The Hall–Kier alpha value is -1.29. The Labute approximate surface area is 108 Å². The van der Waals surface area contributed by atoms with Crippen LogP contribution in [0.5, 0.6) is 0 Å². The van der Waals surface area contributed by atoms with Crippen LogP contribution in [0, 0.1) is 0 Å². The summed E-state index contributed by atoms with van der Waals surface area (Å²) < 4.78 is 0. The van der Waals surface area contributed by atoms with Crippen molar-refractivity contribution in [3.8, 4) is 0 Å². The Morgan fingerprint density at radius 3 is 2.17 bits per heavy atom. The molecule has 18 heavy (non-hydrogen) atoms. The predicted molar refractivity (Wildman–Crippen MR) is 70.5 cm³/mol. The zero-order valence-electron chi connectivity index (χ0n) is 11.2. The topological polar surface area (TPSA) is 46.1 Å². The van der Waals surface area contributed by atoms with E-state index in [9.17, 15) is 4.79 Å². The maximum Gasteiger partial charge on any atom is 0.186 e. The van der Waals surface area contributed by atoms with Gasteiger partial charge in [-0.2, -0.15) is 0 Å². The van der Waals surface area contributed by atoms with Crippen LogP contribution in [0.4, 0.5) is 0 Å². The van der Waals surface area contributed by atoms with Gasteiger partial charge in [0.1, 0.15) is 6.33 Å². The molecule has 0 atom stereocenters. The summed E-state index contributed by atoms with van der Waals surface area (Å²) >= 11 is 0. The van der Waals surface area contributed by atoms with Crippen LogP contribution in [0.2, 0.25) is 0 Å². The van der Waals surface area contributed by atoms with E-state index >= 15 is 0 Å². The van der Waals surface area contributed by atoms with E-state index in [4.69, 9.17) is 0 Å². The van der Waals surface area contributed by atoms with Crippen molar-refractivity contribution in [3.63, 3.8) is 0 Å². The molecular formula is C14H21N3O. The van der Waals surface area contributed by atoms with Crippen molar-refractivity contribution in [3.05, 3.63) is 24.3 Å². The third kappa shape index (κ3) is 2.43. The fourth-order valence-corrected chi connectivity index (χ4v) is 2.88. The van der Waals surface area contributed by atoms with Crippen molar-refractivity contribution >= 4 is 5.78 Å². The molecule has 0 aromatic carbocycles. The molecule has 1 aliphatic carbocycles. The molecule has 0 spiro atoms. The second-order valence-corrected chi connectivity index (χ2v) is 5.30. The average molecular weight is 247 g/mol. The number of Topliss-reactive ketones (excluding diaryl/α,β-unsaturated/α-hetero) is 1. The molecule has 1 saturated carbocycles. The lowest BCUT2D eigenvalue weighted by Gasteiger charge is -2.37. The second-order valence-electron chi connectivity index (χ2n) is 5.30. The fourth-order valence-electron chi connectivity index (χ4n) is 2.88. The molecule has 0 amide bonds. The van der Waals surface area contributed by atoms with Crippen LogP contribution in [0.25, 0.3) is 0 Å². The van der Waals surface area contributed by atoms with E-state index in [2.05, 4.69) is 14.9 Å². The van der Waals surface area contributed by atoms with E-state index in [1.807, 2.05) is 14.1 Å². The highest BCUT2D eigenvalue weighted by Crippen LogP contribution is 2.33. The number of carbonyl (C=O) groups excluding carboxylic acids is 1. The molecule has 98 valence electrons. The van der Waals surface area contributed by atoms with Crippen molar-refractivity contribution in [1.29, 1.82) is 0 Å². The summed E-state index contributed by atoms with van der Waals surface area (Å²) in [6.07, 6.45) is 11.3. The van der Waals surface area contributed by atoms with E-state index in [1.165, 1.54) is 19.2 Å². The summed E-state index contributed by atoms with van der Waals surface area (Å²) in [6, 6.07) is 0. The van der Waals surface area contributed by atoms with Crippen molar-refractivity contribution in [1.82, 2.24) is 14.9 Å². The number of aromatic nitrogens is 2. The highest BCUT2D eigenvalue weighted by atomic mass is 16.1. The molecule has 1 aromatic heterocycles. The van der Waals surface area contributed by atoms with Crippen LogP contribution >= 0.6 is 0 Å². The lowest BCUT2D eigenvalue weighted by molar-refractivity contribution is 0.0634. The molecule has 4 nitrogen and oxygen atoms in total. The number of ketones is 1. The molecule has 0 saturated heterocycles. The number of likely N-dealkylation sites (N-methyl/N-ethyl adjacent to an activating group) is 1. The van der Waals surface area contributed by atoms with Crippen molar-refractivity contribution < 1.29 is 4.79 Å². The van der Waals surface area contributed by atoms with Gasteiger partial charge >= 0.3 is 0 Å². The standard InChI is InChI=1S/C14H21N3O/c1-17(2)14(7-5-3-4-6-8-14)13(18)12-9-15-11-16-10-12/h9-11H,3-8H2,1-2H3. The van der Waals surface area contributed by atoms with Crippen molar-refractivity contribution in [2.75, 3.05) is 14.1 Å². The van der Waals surface area contributed by atoms with Gasteiger partial charge in [-0.15, -0.1) is 0 Å². The average Bonchev–Trinajstić information content (AvgIpc) is 2.65. The van der Waals surface area contributed by atoms with Gasteiger partial charge in [0.25, 0.3) is 0 Å². The number of carbonyl (C=O) groups is 1. The molecule has 2 rings (SSSR count). The SMILES string of the molecule is CN(C)C1(C(=O)c2cncnc2)CCCCCC1. The molecule has 1 heterocycles. The normalized spacial score (nSPS) is 19.5. The summed E-state index contributed by atoms with van der Waals surface area (Å²) in [5.74, 6) is 0.176. The van der Waals surface area contributed by atoms with E-state index in [0.29, 0.717) is 5.56 Å². The van der Waals surface area contributed by atoms with Gasteiger partial charge < -0.3 is 0 Å². The summed E-state index contributed by atoms with van der Waals surface area (Å²) in [7, 11) is 4.01. The van der Waals surface area contributed by atoms with E-state index in [1.54, 1.807) is 12.4 Å². The summed E-state index contributed by atoms with van der Waals surface area (Å²) in [5, 5.41) is 0. The Bertz CT molecular complexity index is 395. The van der Waals surface area contributed by atoms with Crippen LogP contribution in [-0.4, -0.2) is 40.3 Å². The molecule has 1 aromatic rings. The van der Waals surface area contributed by atoms with Gasteiger partial charge in [-0.25, -0.2) is 9.97 Å². The Morgan fingerprint density at radius 1 is 1.11 bits per heavy atom. The fraction of sp³-hybridized carbons (Fsp3) is 0.643. The Kier molecular flexibility index (Phi) is 4.07. The first-order valence-corrected chi connectivity index (χ1v) is 6.64. The minimum absolute atomic E-state index is 0.176. The molecule has 4 heteroatoms. The highest BCUT2D eigenvalue weighted by Gasteiger charge is 2.41. The Balaban J connectivity index is 2.32. The van der Waals surface area contributed by atoms with Gasteiger partial charge in [0.15, 0.2) is 5.78 Å². The third-order valence-electron chi connectivity index (χ3n) is 4.03. The number of hydrogen-bond acceptors (Lipinski definition) is 4. The largest absolute Gasteiger partial charge is 0.297 e. The number of rotatable bonds is 3. The van der Waals surface area contributed by atoms with Gasteiger partial charge in [-0.3, -0.25) is 9.69 Å². The maximum absolute atomic E-state index is 12.8. The second kappa shape index (κ2) is 5.57. The smallest absolute Gasteiger partial charge is 0.186 e. The third-order valence-corrected chi connectivity index (χ3v) is 4.03. The Morgan fingerprint density at radius 2 is 1.67 bits per heavy atom. The maximum atomic E-state index is 12.8. The van der Waals surface area contributed by atoms with Crippen LogP contribution in [0.1, 0.15) is 48.9 Å². The molecule has 0 aliphatic heterocycles. The molecule has 1 aliphatic rings. The quantitative estimate of drug-likeness (QED) is 0.607. The summed E-state index contributed by atoms with van der Waals surface area (Å²) in [4.78, 5) is 22.8. The number of hydrogen-bond donors (Lipinski definition) is 0. The minimum Gasteiger partial charge on any atom is -0.297 e. The number of nitrogens with zero attached hydrogens (tertiary/aromatic N) is 3. The van der Waals surface area contributed by atoms with Crippen LogP contribution in [0.3, 0.4) is 0 Å². The molecule has 0 unspecified atom stereocenters. The highest BCUT2D eigenvalue weighted by molar-refractivity contribution is 6.02. The zero-order chi connectivity index (χ0) is 13.0. The zero-order valence-corrected chi connectivity index (χ0v) is 11.2. The van der Waals surface area contributed by atoms with Crippen molar-refractivity contribution in [2.24, 2.45) is 0 Å². The minimum atomic E-state index is -0.360. The first-order valence-electron chi connectivity index (χ1n) is 6.64. The van der Waals surface area contributed by atoms with Gasteiger partial charge in [0.2, 0.25) is 0 Å². The van der Waals surface area contributed by atoms with E-state index in [-0.39, 0.29) is 11.3 Å². The monoisotopic (exact) mass is 247 g/mol. The summed E-state index contributed by atoms with van der Waals surface area (Å²) in [6.45, 7) is 0. The lowest BCUT2D eigenvalue weighted by Crippen LogP contribution is -2.50. The molecule has 0 N–H and O–H groups in total. The van der Waals surface area contributed by atoms with Crippen LogP contribution in [0.15, 0.2) is 18.7 Å². The van der Waals surface area contributed by atoms with Gasteiger partial charge in [-0.05, 0) is 26.9 Å². The predicted octanol–water partition coefficient (Wildman–Crippen LogP) is 2.31. The first kappa shape index (κ1) is 13.1. The van der Waals surface area contributed by atoms with Crippen LogP contribution < -0.4 is 0 Å². The molecule has 0 radical (unpaired) electrons. The lowest BCUT2D eigenvalue weighted by atomic mass is 9.82. The van der Waals surface area contributed by atoms with E-state index < -0.39 is 0 Å². The van der Waals surface area contributed by atoms with Crippen molar-refractivity contribution in [2.45, 2.75) is 44.1 Å². The van der Waals surface area contributed by atoms with Gasteiger partial charge in [0, 0.05) is 12.4 Å².